The number of hydrogen-bond donors (Lipinski definition) is 2. The third-order valence-electron chi connectivity index (χ3n) is 3.84. The van der Waals surface area contributed by atoms with Crippen LogP contribution in [0.3, 0.4) is 0 Å². The molecule has 0 radical (unpaired) electrons. The first-order chi connectivity index (χ1) is 13.0. The number of carbonyl (C=O) groups excluding carboxylic acids is 1. The maximum absolute atomic E-state index is 13.6. The summed E-state index contributed by atoms with van der Waals surface area (Å²) in [5.74, 6) is 0.288. The summed E-state index contributed by atoms with van der Waals surface area (Å²) in [5, 5.41) is 6.39. The van der Waals surface area contributed by atoms with E-state index in [4.69, 9.17) is 11.6 Å². The van der Waals surface area contributed by atoms with E-state index in [-0.39, 0.29) is 17.4 Å². The molecule has 27 heavy (non-hydrogen) atoms. The number of aromatic nitrogens is 2. The van der Waals surface area contributed by atoms with E-state index in [1.807, 2.05) is 18.2 Å². The SMILES string of the molecule is Cc1nc(Nc2ccccc2Cl)cc(C(=O)NCCc2ccccc2F)n1. The van der Waals surface area contributed by atoms with Gasteiger partial charge in [-0.15, -0.1) is 0 Å². The van der Waals surface area contributed by atoms with Crippen molar-refractivity contribution in [3.63, 3.8) is 0 Å². The summed E-state index contributed by atoms with van der Waals surface area (Å²) in [7, 11) is 0. The number of nitrogens with one attached hydrogen (secondary N) is 2. The highest BCUT2D eigenvalue weighted by atomic mass is 35.5. The summed E-state index contributed by atoms with van der Waals surface area (Å²) in [6, 6.07) is 15.3. The molecule has 0 unspecified atom stereocenters. The van der Waals surface area contributed by atoms with E-state index in [1.54, 1.807) is 37.3 Å². The molecule has 1 aromatic heterocycles. The Bertz CT molecular complexity index is 964. The second-order valence-corrected chi connectivity index (χ2v) is 6.29. The van der Waals surface area contributed by atoms with Crippen LogP contribution in [0.2, 0.25) is 5.02 Å². The van der Waals surface area contributed by atoms with Crippen molar-refractivity contribution in [2.45, 2.75) is 13.3 Å². The first-order valence-electron chi connectivity index (χ1n) is 8.42. The molecule has 138 valence electrons. The van der Waals surface area contributed by atoms with Crippen molar-refractivity contribution in [1.82, 2.24) is 15.3 Å². The zero-order chi connectivity index (χ0) is 19.2. The third-order valence-corrected chi connectivity index (χ3v) is 4.17. The average molecular weight is 385 g/mol. The Labute approximate surface area is 161 Å². The monoisotopic (exact) mass is 384 g/mol. The van der Waals surface area contributed by atoms with Gasteiger partial charge in [0.15, 0.2) is 0 Å². The van der Waals surface area contributed by atoms with Gasteiger partial charge in [-0.1, -0.05) is 41.9 Å². The number of aryl methyl sites for hydroxylation is 1. The van der Waals surface area contributed by atoms with Gasteiger partial charge in [-0.2, -0.15) is 0 Å². The van der Waals surface area contributed by atoms with Crippen molar-refractivity contribution in [2.75, 3.05) is 11.9 Å². The number of benzene rings is 2. The molecule has 3 rings (SSSR count). The molecule has 0 spiro atoms. The van der Waals surface area contributed by atoms with Gasteiger partial charge in [-0.3, -0.25) is 4.79 Å². The molecule has 0 saturated carbocycles. The number of anilines is 2. The second kappa shape index (κ2) is 8.60. The van der Waals surface area contributed by atoms with Gasteiger partial charge < -0.3 is 10.6 Å². The van der Waals surface area contributed by atoms with Crippen molar-refractivity contribution >= 4 is 29.0 Å². The molecule has 3 aromatic rings. The largest absolute Gasteiger partial charge is 0.350 e. The maximum atomic E-state index is 13.6. The molecule has 0 aliphatic carbocycles. The van der Waals surface area contributed by atoms with Gasteiger partial charge in [0, 0.05) is 12.6 Å². The van der Waals surface area contributed by atoms with E-state index in [2.05, 4.69) is 20.6 Å². The number of rotatable bonds is 6. The van der Waals surface area contributed by atoms with Gasteiger partial charge in [0.25, 0.3) is 5.91 Å². The Hall–Kier alpha value is -2.99. The third kappa shape index (κ3) is 5.01. The Kier molecular flexibility index (Phi) is 5.98. The molecular weight excluding hydrogens is 367 g/mol. The van der Waals surface area contributed by atoms with E-state index in [0.29, 0.717) is 40.9 Å². The van der Waals surface area contributed by atoms with E-state index >= 15 is 0 Å². The number of nitrogens with zero attached hydrogens (tertiary/aromatic N) is 2. The van der Waals surface area contributed by atoms with E-state index in [9.17, 15) is 9.18 Å². The van der Waals surface area contributed by atoms with Crippen LogP contribution in [-0.4, -0.2) is 22.4 Å². The molecule has 1 amide bonds. The summed E-state index contributed by atoms with van der Waals surface area (Å²) in [6.45, 7) is 2.00. The summed E-state index contributed by atoms with van der Waals surface area (Å²) >= 11 is 6.14. The van der Waals surface area contributed by atoms with Gasteiger partial charge in [0.05, 0.1) is 10.7 Å². The quantitative estimate of drug-likeness (QED) is 0.665. The molecule has 0 bridgehead atoms. The standard InChI is InChI=1S/C20H18ClFN4O/c1-13-24-18(12-19(25-13)26-17-9-5-3-7-15(17)21)20(27)23-11-10-14-6-2-4-8-16(14)22/h2-9,12H,10-11H2,1H3,(H,23,27)(H,24,25,26). The molecule has 0 fully saturated rings. The molecular formula is C20H18ClFN4O. The lowest BCUT2D eigenvalue weighted by molar-refractivity contribution is 0.0948. The minimum Gasteiger partial charge on any atom is -0.350 e. The van der Waals surface area contributed by atoms with Crippen LogP contribution in [0.5, 0.6) is 0 Å². The van der Waals surface area contributed by atoms with Crippen LogP contribution < -0.4 is 10.6 Å². The van der Waals surface area contributed by atoms with E-state index < -0.39 is 0 Å². The van der Waals surface area contributed by atoms with Gasteiger partial charge in [0.1, 0.15) is 23.2 Å². The average Bonchev–Trinajstić information content (AvgIpc) is 2.64. The Morgan fingerprint density at radius 3 is 2.63 bits per heavy atom. The second-order valence-electron chi connectivity index (χ2n) is 5.89. The van der Waals surface area contributed by atoms with Crippen molar-refractivity contribution in [3.05, 3.63) is 82.5 Å². The fourth-order valence-electron chi connectivity index (χ4n) is 2.55. The lowest BCUT2D eigenvalue weighted by atomic mass is 10.1. The topological polar surface area (TPSA) is 66.9 Å². The van der Waals surface area contributed by atoms with Crippen molar-refractivity contribution < 1.29 is 9.18 Å². The lowest BCUT2D eigenvalue weighted by Crippen LogP contribution is -2.27. The maximum Gasteiger partial charge on any atom is 0.270 e. The molecule has 1 heterocycles. The highest BCUT2D eigenvalue weighted by Crippen LogP contribution is 2.24. The molecule has 0 atom stereocenters. The number of para-hydroxylation sites is 1. The number of hydrogen-bond acceptors (Lipinski definition) is 4. The van der Waals surface area contributed by atoms with Crippen molar-refractivity contribution in [3.8, 4) is 0 Å². The van der Waals surface area contributed by atoms with Crippen LogP contribution in [0.1, 0.15) is 21.9 Å². The molecule has 0 saturated heterocycles. The molecule has 2 aromatic carbocycles. The van der Waals surface area contributed by atoms with E-state index in [0.717, 1.165) is 0 Å². The van der Waals surface area contributed by atoms with Crippen LogP contribution in [-0.2, 0) is 6.42 Å². The first-order valence-corrected chi connectivity index (χ1v) is 8.79. The molecule has 0 aliphatic rings. The molecule has 2 N–H and O–H groups in total. The molecule has 0 aliphatic heterocycles. The summed E-state index contributed by atoms with van der Waals surface area (Å²) < 4.78 is 13.6. The number of carbonyl (C=O) groups is 1. The lowest BCUT2D eigenvalue weighted by Gasteiger charge is -2.10. The normalized spacial score (nSPS) is 10.5. The van der Waals surface area contributed by atoms with Crippen LogP contribution in [0.25, 0.3) is 0 Å². The Balaban J connectivity index is 1.67. The fourth-order valence-corrected chi connectivity index (χ4v) is 2.73. The highest BCUT2D eigenvalue weighted by molar-refractivity contribution is 6.33. The fraction of sp³-hybridized carbons (Fsp3) is 0.150. The minimum atomic E-state index is -0.348. The van der Waals surface area contributed by atoms with Crippen LogP contribution in [0.4, 0.5) is 15.9 Å². The van der Waals surface area contributed by atoms with Crippen LogP contribution in [0, 0.1) is 12.7 Å². The highest BCUT2D eigenvalue weighted by Gasteiger charge is 2.11. The summed E-state index contributed by atoms with van der Waals surface area (Å²) in [6.07, 6.45) is 0.396. The smallest absolute Gasteiger partial charge is 0.270 e. The number of halogens is 2. The predicted octanol–water partition coefficient (Wildman–Crippen LogP) is 4.29. The predicted molar refractivity (Wildman–Crippen MR) is 104 cm³/mol. The minimum absolute atomic E-state index is 0.227. The summed E-state index contributed by atoms with van der Waals surface area (Å²) in [5.41, 5.74) is 1.46. The van der Waals surface area contributed by atoms with Crippen molar-refractivity contribution in [2.24, 2.45) is 0 Å². The van der Waals surface area contributed by atoms with Crippen molar-refractivity contribution in [1.29, 1.82) is 0 Å². The van der Waals surface area contributed by atoms with Crippen LogP contribution in [0.15, 0.2) is 54.6 Å². The summed E-state index contributed by atoms with van der Waals surface area (Å²) in [4.78, 5) is 20.8. The van der Waals surface area contributed by atoms with Gasteiger partial charge in [0.2, 0.25) is 0 Å². The van der Waals surface area contributed by atoms with Gasteiger partial charge in [-0.05, 0) is 37.1 Å². The first kappa shape index (κ1) is 18.8. The van der Waals surface area contributed by atoms with Gasteiger partial charge in [-0.25, -0.2) is 14.4 Å². The van der Waals surface area contributed by atoms with E-state index in [1.165, 1.54) is 6.07 Å². The Morgan fingerprint density at radius 2 is 1.85 bits per heavy atom. The Morgan fingerprint density at radius 1 is 1.11 bits per heavy atom. The molecule has 7 heteroatoms. The van der Waals surface area contributed by atoms with Gasteiger partial charge >= 0.3 is 0 Å². The zero-order valence-corrected chi connectivity index (χ0v) is 15.4. The number of amides is 1. The van der Waals surface area contributed by atoms with Crippen LogP contribution >= 0.6 is 11.6 Å². The zero-order valence-electron chi connectivity index (χ0n) is 14.7. The molecule has 5 nitrogen and oxygen atoms in total.